The smallest absolute Gasteiger partial charge is 0.226 e. The number of phenols is 1. The van der Waals surface area contributed by atoms with E-state index >= 15 is 0 Å². The number of rotatable bonds is 3. The number of hydrogen-bond acceptors (Lipinski definition) is 3. The molecule has 1 aliphatic rings. The molecule has 1 aromatic rings. The Morgan fingerprint density at radius 2 is 1.95 bits per heavy atom. The number of piperidine rings is 1. The Balaban J connectivity index is 1.86. The Hall–Kier alpha value is -1.55. The molecule has 0 bridgehead atoms. The van der Waals surface area contributed by atoms with Crippen LogP contribution in [-0.4, -0.2) is 35.0 Å². The molecule has 0 aliphatic carbocycles. The first kappa shape index (κ1) is 13.9. The second kappa shape index (κ2) is 6.06. The molecule has 1 fully saturated rings. The van der Waals surface area contributed by atoms with Crippen LogP contribution in [0.2, 0.25) is 0 Å². The summed E-state index contributed by atoms with van der Waals surface area (Å²) in [5.41, 5.74) is 6.84. The third-order valence-electron chi connectivity index (χ3n) is 3.93. The number of amides is 1. The van der Waals surface area contributed by atoms with Crippen molar-refractivity contribution in [1.29, 1.82) is 0 Å². The Labute approximate surface area is 114 Å². The summed E-state index contributed by atoms with van der Waals surface area (Å²) in [6.45, 7) is 3.66. The van der Waals surface area contributed by atoms with Gasteiger partial charge in [0.05, 0.1) is 6.42 Å². The molecular weight excluding hydrogens is 240 g/mol. The number of carbonyl (C=O) groups excluding carboxylic acids is 1. The fourth-order valence-corrected chi connectivity index (χ4v) is 2.57. The van der Waals surface area contributed by atoms with Crippen molar-refractivity contribution in [3.8, 4) is 5.75 Å². The summed E-state index contributed by atoms with van der Waals surface area (Å²) < 4.78 is 0. The van der Waals surface area contributed by atoms with E-state index in [-0.39, 0.29) is 17.7 Å². The number of likely N-dealkylation sites (tertiary alicyclic amines) is 1. The number of nitrogens with zero attached hydrogens (tertiary/aromatic N) is 1. The van der Waals surface area contributed by atoms with E-state index in [9.17, 15) is 9.90 Å². The first-order valence-electron chi connectivity index (χ1n) is 6.87. The van der Waals surface area contributed by atoms with E-state index in [1.807, 2.05) is 11.8 Å². The molecule has 1 aromatic carbocycles. The number of carbonyl (C=O) groups is 1. The monoisotopic (exact) mass is 262 g/mol. The van der Waals surface area contributed by atoms with Crippen LogP contribution in [-0.2, 0) is 11.2 Å². The summed E-state index contributed by atoms with van der Waals surface area (Å²) in [4.78, 5) is 14.1. The van der Waals surface area contributed by atoms with E-state index in [2.05, 4.69) is 0 Å². The molecule has 0 spiro atoms. The van der Waals surface area contributed by atoms with Gasteiger partial charge in [-0.15, -0.1) is 0 Å². The highest BCUT2D eigenvalue weighted by Crippen LogP contribution is 2.20. The molecule has 3 N–H and O–H groups in total. The summed E-state index contributed by atoms with van der Waals surface area (Å²) in [7, 11) is 0. The molecule has 4 nitrogen and oxygen atoms in total. The van der Waals surface area contributed by atoms with Crippen LogP contribution in [0.4, 0.5) is 0 Å². The van der Waals surface area contributed by atoms with Crippen LogP contribution in [0.15, 0.2) is 24.3 Å². The molecule has 1 heterocycles. The largest absolute Gasteiger partial charge is 0.508 e. The highest BCUT2D eigenvalue weighted by atomic mass is 16.3. The molecule has 1 aliphatic heterocycles. The Morgan fingerprint density at radius 1 is 1.37 bits per heavy atom. The van der Waals surface area contributed by atoms with Crippen LogP contribution >= 0.6 is 0 Å². The lowest BCUT2D eigenvalue weighted by Gasteiger charge is -2.33. The maximum Gasteiger partial charge on any atom is 0.226 e. The van der Waals surface area contributed by atoms with Gasteiger partial charge in [0.1, 0.15) is 5.75 Å². The molecule has 2 rings (SSSR count). The van der Waals surface area contributed by atoms with Gasteiger partial charge in [0, 0.05) is 19.1 Å². The highest BCUT2D eigenvalue weighted by molar-refractivity contribution is 5.78. The lowest BCUT2D eigenvalue weighted by Crippen LogP contribution is -2.43. The maximum atomic E-state index is 12.2. The molecule has 1 atom stereocenters. The van der Waals surface area contributed by atoms with Crippen molar-refractivity contribution in [2.45, 2.75) is 32.2 Å². The number of benzene rings is 1. The van der Waals surface area contributed by atoms with Crippen LogP contribution in [0.25, 0.3) is 0 Å². The molecule has 104 valence electrons. The molecular formula is C15H22N2O2. The zero-order chi connectivity index (χ0) is 13.8. The Kier molecular flexibility index (Phi) is 4.43. The highest BCUT2D eigenvalue weighted by Gasteiger charge is 2.24. The first-order chi connectivity index (χ1) is 9.06. The van der Waals surface area contributed by atoms with E-state index in [4.69, 9.17) is 5.73 Å². The first-order valence-corrected chi connectivity index (χ1v) is 6.87. The summed E-state index contributed by atoms with van der Waals surface area (Å²) in [5.74, 6) is 0.931. The van der Waals surface area contributed by atoms with Crippen molar-refractivity contribution in [2.24, 2.45) is 11.7 Å². The molecule has 0 aromatic heterocycles. The number of phenolic OH excluding ortho intramolecular Hbond substituents is 1. The zero-order valence-electron chi connectivity index (χ0n) is 11.4. The van der Waals surface area contributed by atoms with E-state index < -0.39 is 0 Å². The quantitative estimate of drug-likeness (QED) is 0.868. The number of aromatic hydroxyl groups is 1. The fourth-order valence-electron chi connectivity index (χ4n) is 2.57. The van der Waals surface area contributed by atoms with Crippen molar-refractivity contribution in [3.63, 3.8) is 0 Å². The molecule has 4 heteroatoms. The van der Waals surface area contributed by atoms with Crippen molar-refractivity contribution >= 4 is 5.91 Å². The van der Waals surface area contributed by atoms with E-state index in [0.717, 1.165) is 31.5 Å². The minimum atomic E-state index is 0.161. The van der Waals surface area contributed by atoms with Gasteiger partial charge in [-0.25, -0.2) is 0 Å². The lowest BCUT2D eigenvalue weighted by molar-refractivity contribution is -0.131. The van der Waals surface area contributed by atoms with Crippen molar-refractivity contribution in [1.82, 2.24) is 4.90 Å². The summed E-state index contributed by atoms with van der Waals surface area (Å²) >= 11 is 0. The predicted molar refractivity (Wildman–Crippen MR) is 74.8 cm³/mol. The van der Waals surface area contributed by atoms with Crippen LogP contribution < -0.4 is 5.73 Å². The van der Waals surface area contributed by atoms with Gasteiger partial charge in [0.15, 0.2) is 0 Å². The standard InChI is InChI=1S/C15H22N2O2/c1-11(16)13-6-8-17(9-7-13)15(19)10-12-2-4-14(18)5-3-12/h2-5,11,13,18H,6-10,16H2,1H3. The van der Waals surface area contributed by atoms with Crippen LogP contribution in [0, 0.1) is 5.92 Å². The fraction of sp³-hybridized carbons (Fsp3) is 0.533. The Morgan fingerprint density at radius 3 is 2.47 bits per heavy atom. The second-order valence-corrected chi connectivity index (χ2v) is 5.42. The van der Waals surface area contributed by atoms with Gasteiger partial charge in [-0.2, -0.15) is 0 Å². The molecule has 19 heavy (non-hydrogen) atoms. The normalized spacial score (nSPS) is 18.3. The van der Waals surface area contributed by atoms with Gasteiger partial charge in [0.25, 0.3) is 0 Å². The van der Waals surface area contributed by atoms with Crippen molar-refractivity contribution in [2.75, 3.05) is 13.1 Å². The summed E-state index contributed by atoms with van der Waals surface area (Å²) in [6.07, 6.45) is 2.40. The van der Waals surface area contributed by atoms with Gasteiger partial charge >= 0.3 is 0 Å². The second-order valence-electron chi connectivity index (χ2n) is 5.42. The van der Waals surface area contributed by atoms with Gasteiger partial charge in [-0.05, 0) is 43.4 Å². The average molecular weight is 262 g/mol. The summed E-state index contributed by atoms with van der Waals surface area (Å²) in [5, 5.41) is 9.21. The predicted octanol–water partition coefficient (Wildman–Crippen LogP) is 1.52. The SMILES string of the molecule is CC(N)C1CCN(C(=O)Cc2ccc(O)cc2)CC1. The number of hydrogen-bond donors (Lipinski definition) is 2. The minimum absolute atomic E-state index is 0.161. The van der Waals surface area contributed by atoms with Crippen LogP contribution in [0.1, 0.15) is 25.3 Å². The van der Waals surface area contributed by atoms with Crippen molar-refractivity contribution < 1.29 is 9.90 Å². The average Bonchev–Trinajstić information content (AvgIpc) is 2.41. The molecule has 1 unspecified atom stereocenters. The van der Waals surface area contributed by atoms with Gasteiger partial charge < -0.3 is 15.7 Å². The molecule has 0 saturated carbocycles. The van der Waals surface area contributed by atoms with Gasteiger partial charge in [-0.3, -0.25) is 4.79 Å². The Bertz CT molecular complexity index is 420. The third-order valence-corrected chi connectivity index (χ3v) is 3.93. The minimum Gasteiger partial charge on any atom is -0.508 e. The third kappa shape index (κ3) is 3.70. The molecule has 0 radical (unpaired) electrons. The van der Waals surface area contributed by atoms with E-state index in [1.54, 1.807) is 24.3 Å². The van der Waals surface area contributed by atoms with Crippen molar-refractivity contribution in [3.05, 3.63) is 29.8 Å². The maximum absolute atomic E-state index is 12.2. The lowest BCUT2D eigenvalue weighted by atomic mass is 9.91. The molecule has 1 amide bonds. The van der Waals surface area contributed by atoms with Gasteiger partial charge in [-0.1, -0.05) is 12.1 Å². The van der Waals surface area contributed by atoms with Gasteiger partial charge in [0.2, 0.25) is 5.91 Å². The zero-order valence-corrected chi connectivity index (χ0v) is 11.4. The topological polar surface area (TPSA) is 66.6 Å². The van der Waals surface area contributed by atoms with E-state index in [1.165, 1.54) is 0 Å². The summed E-state index contributed by atoms with van der Waals surface area (Å²) in [6, 6.07) is 7.04. The van der Waals surface area contributed by atoms with Crippen LogP contribution in [0.5, 0.6) is 5.75 Å². The number of nitrogens with two attached hydrogens (primary N) is 1. The molecule has 1 saturated heterocycles. The van der Waals surface area contributed by atoms with E-state index in [0.29, 0.717) is 12.3 Å². The van der Waals surface area contributed by atoms with Crippen LogP contribution in [0.3, 0.4) is 0 Å².